The van der Waals surface area contributed by atoms with Gasteiger partial charge in [0.15, 0.2) is 0 Å². The third-order valence-corrected chi connectivity index (χ3v) is 3.61. The second kappa shape index (κ2) is 5.39. The topological polar surface area (TPSA) is 42.7 Å². The minimum atomic E-state index is 0.0173. The summed E-state index contributed by atoms with van der Waals surface area (Å²) < 4.78 is 1.94. The van der Waals surface area contributed by atoms with Crippen molar-refractivity contribution < 1.29 is 0 Å². The molecule has 0 amide bonds. The molecule has 4 nitrogen and oxygen atoms in total. The van der Waals surface area contributed by atoms with Crippen LogP contribution in [0.25, 0.3) is 0 Å². The Morgan fingerprint density at radius 3 is 2.67 bits per heavy atom. The fourth-order valence-corrected chi connectivity index (χ4v) is 2.11. The first-order valence-electron chi connectivity index (χ1n) is 7.14. The highest BCUT2D eigenvalue weighted by Crippen LogP contribution is 2.34. The molecule has 18 heavy (non-hydrogen) atoms. The Hall–Kier alpha value is -0.900. The van der Waals surface area contributed by atoms with Crippen molar-refractivity contribution in [2.75, 3.05) is 0 Å². The summed E-state index contributed by atoms with van der Waals surface area (Å²) in [5.41, 5.74) is 1.06. The second-order valence-electron chi connectivity index (χ2n) is 6.49. The van der Waals surface area contributed by atoms with Crippen molar-refractivity contribution in [3.8, 4) is 0 Å². The highest BCUT2D eigenvalue weighted by atomic mass is 15.4. The number of nitrogens with zero attached hydrogens (tertiary/aromatic N) is 3. The number of hydrogen-bond acceptors (Lipinski definition) is 3. The Bertz CT molecular complexity index is 373. The lowest BCUT2D eigenvalue weighted by molar-refractivity contribution is 0.346. The Kier molecular flexibility index (Phi) is 4.05. The second-order valence-corrected chi connectivity index (χ2v) is 6.49. The molecule has 0 aliphatic heterocycles. The Morgan fingerprint density at radius 2 is 2.17 bits per heavy atom. The molecule has 1 aliphatic rings. The van der Waals surface area contributed by atoms with Crippen LogP contribution in [0.5, 0.6) is 0 Å². The van der Waals surface area contributed by atoms with Gasteiger partial charge in [0, 0.05) is 12.6 Å². The lowest BCUT2D eigenvalue weighted by atomic mass is 10.1. The molecule has 0 bridgehead atoms. The van der Waals surface area contributed by atoms with Gasteiger partial charge in [-0.15, -0.1) is 5.10 Å². The van der Waals surface area contributed by atoms with E-state index in [1.54, 1.807) is 0 Å². The summed E-state index contributed by atoms with van der Waals surface area (Å²) in [4.78, 5) is 0. The van der Waals surface area contributed by atoms with E-state index in [9.17, 15) is 0 Å². The number of aromatic nitrogens is 3. The monoisotopic (exact) mass is 250 g/mol. The van der Waals surface area contributed by atoms with Gasteiger partial charge in [0.1, 0.15) is 0 Å². The summed E-state index contributed by atoms with van der Waals surface area (Å²) in [6.07, 6.45) is 7.43. The first kappa shape index (κ1) is 13.5. The summed E-state index contributed by atoms with van der Waals surface area (Å²) in [5.74, 6) is 0.979. The van der Waals surface area contributed by atoms with Crippen LogP contribution in [-0.2, 0) is 12.1 Å². The third-order valence-electron chi connectivity index (χ3n) is 3.61. The maximum absolute atomic E-state index is 4.23. The van der Waals surface area contributed by atoms with Crippen LogP contribution in [0.4, 0.5) is 0 Å². The van der Waals surface area contributed by atoms with E-state index in [1.165, 1.54) is 25.7 Å². The highest BCUT2D eigenvalue weighted by Gasteiger charge is 2.24. The largest absolute Gasteiger partial charge is 0.308 e. The first-order valence-corrected chi connectivity index (χ1v) is 7.14. The molecule has 1 aromatic rings. The van der Waals surface area contributed by atoms with Gasteiger partial charge in [-0.05, 0) is 39.5 Å². The van der Waals surface area contributed by atoms with Gasteiger partial charge in [-0.3, -0.25) is 0 Å². The van der Waals surface area contributed by atoms with Crippen LogP contribution in [0.2, 0.25) is 0 Å². The van der Waals surface area contributed by atoms with Crippen molar-refractivity contribution in [2.24, 2.45) is 5.92 Å². The van der Waals surface area contributed by atoms with E-state index in [4.69, 9.17) is 0 Å². The van der Waals surface area contributed by atoms with Crippen LogP contribution in [0.3, 0.4) is 0 Å². The Labute approximate surface area is 110 Å². The molecule has 1 heterocycles. The van der Waals surface area contributed by atoms with Crippen LogP contribution in [0.1, 0.15) is 59.1 Å². The Balaban J connectivity index is 1.83. The van der Waals surface area contributed by atoms with Crippen LogP contribution in [-0.4, -0.2) is 21.0 Å². The number of nitrogens with one attached hydrogen (secondary N) is 1. The molecular weight excluding hydrogens is 224 g/mol. The smallest absolute Gasteiger partial charge is 0.0965 e. The van der Waals surface area contributed by atoms with Crippen LogP contribution >= 0.6 is 0 Å². The van der Waals surface area contributed by atoms with Crippen molar-refractivity contribution in [2.45, 2.75) is 71.5 Å². The first-order chi connectivity index (χ1) is 8.49. The fraction of sp³-hybridized carbons (Fsp3) is 0.857. The lowest BCUT2D eigenvalue weighted by Gasteiger charge is -2.17. The van der Waals surface area contributed by atoms with E-state index >= 15 is 0 Å². The molecule has 0 saturated heterocycles. The quantitative estimate of drug-likeness (QED) is 0.844. The molecule has 0 spiro atoms. The van der Waals surface area contributed by atoms with Crippen molar-refractivity contribution in [1.29, 1.82) is 0 Å². The normalized spacial score (nSPS) is 18.0. The van der Waals surface area contributed by atoms with E-state index in [0.717, 1.165) is 18.2 Å². The fourth-order valence-electron chi connectivity index (χ4n) is 2.11. The SMILES string of the molecule is CCC(CC1CC1)NCc1cn(C(C)(C)C)nn1. The van der Waals surface area contributed by atoms with Crippen LogP contribution in [0, 0.1) is 5.92 Å². The van der Waals surface area contributed by atoms with Gasteiger partial charge in [0.2, 0.25) is 0 Å². The van der Waals surface area contributed by atoms with E-state index < -0.39 is 0 Å². The van der Waals surface area contributed by atoms with Crippen molar-refractivity contribution in [1.82, 2.24) is 20.3 Å². The summed E-state index contributed by atoms with van der Waals surface area (Å²) in [6, 6.07) is 0.636. The number of hydrogen-bond donors (Lipinski definition) is 1. The predicted octanol–water partition coefficient (Wildman–Crippen LogP) is 2.70. The molecule has 1 aromatic heterocycles. The zero-order valence-corrected chi connectivity index (χ0v) is 12.1. The minimum absolute atomic E-state index is 0.0173. The zero-order chi connectivity index (χ0) is 13.2. The van der Waals surface area contributed by atoms with E-state index in [-0.39, 0.29) is 5.54 Å². The number of rotatable bonds is 6. The minimum Gasteiger partial charge on any atom is -0.308 e. The van der Waals surface area contributed by atoms with E-state index in [1.807, 2.05) is 4.68 Å². The molecule has 1 aliphatic carbocycles. The summed E-state index contributed by atoms with van der Waals surface area (Å²) in [7, 11) is 0. The molecule has 0 aromatic carbocycles. The molecular formula is C14H26N4. The van der Waals surface area contributed by atoms with Crippen molar-refractivity contribution in [3.63, 3.8) is 0 Å². The summed E-state index contributed by atoms with van der Waals surface area (Å²) >= 11 is 0. The summed E-state index contributed by atoms with van der Waals surface area (Å²) in [5, 5.41) is 12.0. The molecule has 1 fully saturated rings. The molecule has 0 radical (unpaired) electrons. The van der Waals surface area contributed by atoms with Gasteiger partial charge in [-0.1, -0.05) is 25.0 Å². The molecule has 4 heteroatoms. The average molecular weight is 250 g/mol. The maximum Gasteiger partial charge on any atom is 0.0965 e. The molecule has 1 atom stereocenters. The molecule has 1 N–H and O–H groups in total. The van der Waals surface area contributed by atoms with Gasteiger partial charge in [0.05, 0.1) is 17.4 Å². The van der Waals surface area contributed by atoms with E-state index in [0.29, 0.717) is 6.04 Å². The van der Waals surface area contributed by atoms with Gasteiger partial charge < -0.3 is 5.32 Å². The molecule has 102 valence electrons. The molecule has 1 saturated carbocycles. The van der Waals surface area contributed by atoms with Gasteiger partial charge in [-0.2, -0.15) is 0 Å². The van der Waals surface area contributed by atoms with Crippen LogP contribution < -0.4 is 5.32 Å². The lowest BCUT2D eigenvalue weighted by Crippen LogP contribution is -2.28. The van der Waals surface area contributed by atoms with Gasteiger partial charge in [-0.25, -0.2) is 4.68 Å². The third kappa shape index (κ3) is 3.80. The Morgan fingerprint density at radius 1 is 1.44 bits per heavy atom. The van der Waals surface area contributed by atoms with Crippen LogP contribution in [0.15, 0.2) is 6.20 Å². The predicted molar refractivity (Wildman–Crippen MR) is 73.3 cm³/mol. The zero-order valence-electron chi connectivity index (χ0n) is 12.1. The average Bonchev–Trinajstić information content (AvgIpc) is 2.97. The molecule has 2 rings (SSSR count). The van der Waals surface area contributed by atoms with E-state index in [2.05, 4.69) is 49.5 Å². The standard InChI is InChI=1S/C14H26N4/c1-5-12(8-11-6-7-11)15-9-13-10-18(17-16-13)14(2,3)4/h10-12,15H,5-9H2,1-4H3. The van der Waals surface area contributed by atoms with Gasteiger partial charge >= 0.3 is 0 Å². The summed E-state index contributed by atoms with van der Waals surface area (Å²) in [6.45, 7) is 9.51. The molecule has 1 unspecified atom stereocenters. The van der Waals surface area contributed by atoms with Gasteiger partial charge in [0.25, 0.3) is 0 Å². The van der Waals surface area contributed by atoms with Crippen molar-refractivity contribution in [3.05, 3.63) is 11.9 Å². The highest BCUT2D eigenvalue weighted by molar-refractivity contribution is 4.95. The maximum atomic E-state index is 4.23. The van der Waals surface area contributed by atoms with Crippen molar-refractivity contribution >= 4 is 0 Å².